The van der Waals surface area contributed by atoms with Gasteiger partial charge in [-0.05, 0) is 110 Å². The number of hydrogen-bond donors (Lipinski definition) is 0. The molecular formula is C61H51IO. The van der Waals surface area contributed by atoms with Crippen LogP contribution in [-0.2, 0) is 16.4 Å². The summed E-state index contributed by atoms with van der Waals surface area (Å²) in [4.78, 5) is 0. The highest BCUT2D eigenvalue weighted by atomic mass is 127. The Morgan fingerprint density at radius 1 is 0.556 bits per heavy atom. The van der Waals surface area contributed by atoms with Crippen molar-refractivity contribution in [1.82, 2.24) is 0 Å². The van der Waals surface area contributed by atoms with Crippen molar-refractivity contribution in [2.24, 2.45) is 0 Å². The highest BCUT2D eigenvalue weighted by Gasteiger charge is 2.49. The SMILES string of the molecule is CC(I)c1ccc2c(c1)C(C)(C)c1c3c(c4ccccc4c1-2)OC(c1ccc(C2CCCCC2)cc1)(c1ccc2c(c1)C(c1ccccc1)(c1ccccc1)c1ccccc1-2)C=C3. The van der Waals surface area contributed by atoms with Crippen molar-refractivity contribution in [3.63, 3.8) is 0 Å². The van der Waals surface area contributed by atoms with E-state index in [4.69, 9.17) is 4.74 Å². The minimum absolute atomic E-state index is 0.222. The van der Waals surface area contributed by atoms with Crippen LogP contribution in [0.15, 0.2) is 176 Å². The van der Waals surface area contributed by atoms with E-state index >= 15 is 0 Å². The average Bonchev–Trinajstić information content (AvgIpc) is 3.77. The first kappa shape index (κ1) is 38.9. The topological polar surface area (TPSA) is 9.23 Å². The summed E-state index contributed by atoms with van der Waals surface area (Å²) in [5.74, 6) is 1.59. The Bertz CT molecular complexity index is 3070. The van der Waals surface area contributed by atoms with Crippen molar-refractivity contribution in [1.29, 1.82) is 0 Å². The summed E-state index contributed by atoms with van der Waals surface area (Å²) in [5.41, 5.74) is 17.8. The molecule has 8 aromatic carbocycles. The molecule has 4 aliphatic rings. The van der Waals surface area contributed by atoms with Crippen molar-refractivity contribution in [2.75, 3.05) is 0 Å². The largest absolute Gasteiger partial charge is 0.472 e. The Labute approximate surface area is 386 Å². The number of alkyl halides is 1. The van der Waals surface area contributed by atoms with Crippen molar-refractivity contribution in [3.8, 4) is 28.0 Å². The lowest BCUT2D eigenvalue weighted by atomic mass is 9.67. The molecule has 8 aromatic rings. The number of benzene rings is 8. The molecule has 1 aliphatic heterocycles. The molecule has 2 atom stereocenters. The maximum atomic E-state index is 8.00. The number of fused-ring (bicyclic) bond motifs is 11. The molecule has 3 aliphatic carbocycles. The van der Waals surface area contributed by atoms with E-state index in [1.165, 1.54) is 110 Å². The summed E-state index contributed by atoms with van der Waals surface area (Å²) in [6.07, 6.45) is 11.4. The zero-order chi connectivity index (χ0) is 42.5. The fourth-order valence-electron chi connectivity index (χ4n) is 12.3. The number of rotatable bonds is 6. The molecule has 0 radical (unpaired) electrons. The first-order valence-electron chi connectivity index (χ1n) is 23.0. The molecule has 1 saturated carbocycles. The average molecular weight is 927 g/mol. The molecule has 0 amide bonds. The summed E-state index contributed by atoms with van der Waals surface area (Å²) in [6, 6.07) is 64.3. The molecule has 1 heterocycles. The molecule has 308 valence electrons. The predicted octanol–water partition coefficient (Wildman–Crippen LogP) is 16.4. The van der Waals surface area contributed by atoms with Gasteiger partial charge in [0, 0.05) is 31.4 Å². The maximum Gasteiger partial charge on any atom is 0.178 e. The molecule has 0 aromatic heterocycles. The van der Waals surface area contributed by atoms with E-state index < -0.39 is 11.0 Å². The maximum absolute atomic E-state index is 8.00. The third kappa shape index (κ3) is 5.65. The van der Waals surface area contributed by atoms with Gasteiger partial charge in [-0.2, -0.15) is 0 Å². The lowest BCUT2D eigenvalue weighted by molar-refractivity contribution is 0.163. The normalized spacial score (nSPS) is 19.4. The van der Waals surface area contributed by atoms with Gasteiger partial charge in [-0.3, -0.25) is 0 Å². The van der Waals surface area contributed by atoms with Crippen LogP contribution in [0.2, 0.25) is 0 Å². The monoisotopic (exact) mass is 926 g/mol. The fourth-order valence-corrected chi connectivity index (χ4v) is 12.7. The minimum atomic E-state index is -0.905. The highest BCUT2D eigenvalue weighted by Crippen LogP contribution is 2.60. The molecule has 63 heavy (non-hydrogen) atoms. The highest BCUT2D eigenvalue weighted by molar-refractivity contribution is 14.1. The van der Waals surface area contributed by atoms with Gasteiger partial charge in [-0.25, -0.2) is 0 Å². The van der Waals surface area contributed by atoms with Crippen LogP contribution < -0.4 is 4.74 Å². The van der Waals surface area contributed by atoms with Crippen LogP contribution >= 0.6 is 22.6 Å². The van der Waals surface area contributed by atoms with Crippen LogP contribution in [0.25, 0.3) is 39.1 Å². The summed E-state index contributed by atoms with van der Waals surface area (Å²) in [5, 5.41) is 2.41. The summed E-state index contributed by atoms with van der Waals surface area (Å²) < 4.78 is 8.42. The van der Waals surface area contributed by atoms with Gasteiger partial charge in [0.05, 0.1) is 5.41 Å². The van der Waals surface area contributed by atoms with Crippen LogP contribution in [0.4, 0.5) is 0 Å². The minimum Gasteiger partial charge on any atom is -0.472 e. The second-order valence-electron chi connectivity index (χ2n) is 19.0. The van der Waals surface area contributed by atoms with E-state index in [1.54, 1.807) is 0 Å². The zero-order valence-corrected chi connectivity index (χ0v) is 38.5. The van der Waals surface area contributed by atoms with Crippen molar-refractivity contribution >= 4 is 39.4 Å². The van der Waals surface area contributed by atoms with Gasteiger partial charge in [0.15, 0.2) is 5.60 Å². The van der Waals surface area contributed by atoms with Crippen LogP contribution in [0.5, 0.6) is 5.75 Å². The molecule has 0 spiro atoms. The lowest BCUT2D eigenvalue weighted by Gasteiger charge is -2.40. The number of ether oxygens (including phenoxy) is 1. The van der Waals surface area contributed by atoms with Crippen LogP contribution in [0.3, 0.4) is 0 Å². The van der Waals surface area contributed by atoms with Gasteiger partial charge < -0.3 is 4.74 Å². The van der Waals surface area contributed by atoms with Crippen LogP contribution in [0, 0.1) is 0 Å². The Morgan fingerprint density at radius 3 is 1.89 bits per heavy atom. The first-order chi connectivity index (χ1) is 30.8. The standard InChI is InChI=1S/C61H51IO/c1-39(62)42-29-33-51-54(37-42)59(2,3)57-52-35-36-60(63-58(52)50-25-14-13-24-49(50)56(51)57,43-30-27-41(28-31-43)40-17-7-4-8-18-40)46-32-34-48-47-23-15-16-26-53(47)61(55(48)38-46,44-19-9-5-10-20-44)45-21-11-6-12-22-45/h5-6,9-16,19-40H,4,7-8,17-18H2,1-3H3. The molecule has 1 nitrogen and oxygen atoms in total. The second kappa shape index (κ2) is 14.7. The van der Waals surface area contributed by atoms with E-state index in [1.807, 2.05) is 0 Å². The number of hydrogen-bond acceptors (Lipinski definition) is 1. The number of halogens is 1. The quantitative estimate of drug-likeness (QED) is 0.119. The van der Waals surface area contributed by atoms with Crippen LogP contribution in [-0.4, -0.2) is 0 Å². The molecular weight excluding hydrogens is 876 g/mol. The molecule has 12 rings (SSSR count). The molecule has 0 N–H and O–H groups in total. The van der Waals surface area contributed by atoms with E-state index in [0.29, 0.717) is 9.84 Å². The molecule has 1 fully saturated rings. The smallest absolute Gasteiger partial charge is 0.178 e. The van der Waals surface area contributed by atoms with E-state index in [9.17, 15) is 0 Å². The van der Waals surface area contributed by atoms with E-state index in [0.717, 1.165) is 22.3 Å². The van der Waals surface area contributed by atoms with Crippen molar-refractivity contribution in [3.05, 3.63) is 237 Å². The second-order valence-corrected chi connectivity index (χ2v) is 20.9. The van der Waals surface area contributed by atoms with Gasteiger partial charge in [0.1, 0.15) is 5.75 Å². The first-order valence-corrected chi connectivity index (χ1v) is 24.3. The van der Waals surface area contributed by atoms with Crippen molar-refractivity contribution in [2.45, 2.75) is 79.1 Å². The molecule has 2 heteroatoms. The Balaban J connectivity index is 1.12. The third-order valence-electron chi connectivity index (χ3n) is 15.3. The molecule has 0 bridgehead atoms. The Morgan fingerprint density at radius 2 is 1.17 bits per heavy atom. The van der Waals surface area contributed by atoms with E-state index in [-0.39, 0.29) is 5.41 Å². The van der Waals surface area contributed by atoms with Gasteiger partial charge in [-0.1, -0.05) is 226 Å². The lowest BCUT2D eigenvalue weighted by Crippen LogP contribution is -2.36. The zero-order valence-electron chi connectivity index (χ0n) is 36.3. The summed E-state index contributed by atoms with van der Waals surface area (Å²) in [7, 11) is 0. The predicted molar refractivity (Wildman–Crippen MR) is 270 cm³/mol. The van der Waals surface area contributed by atoms with Gasteiger partial charge in [-0.15, -0.1) is 0 Å². The van der Waals surface area contributed by atoms with Crippen LogP contribution in [0.1, 0.15) is 124 Å². The third-order valence-corrected chi connectivity index (χ3v) is 16.0. The summed E-state index contributed by atoms with van der Waals surface area (Å²) in [6.45, 7) is 7.12. The summed E-state index contributed by atoms with van der Waals surface area (Å²) >= 11 is 2.55. The van der Waals surface area contributed by atoms with E-state index in [2.05, 4.69) is 225 Å². The van der Waals surface area contributed by atoms with Gasteiger partial charge in [0.25, 0.3) is 0 Å². The van der Waals surface area contributed by atoms with Crippen molar-refractivity contribution < 1.29 is 4.74 Å². The van der Waals surface area contributed by atoms with Gasteiger partial charge >= 0.3 is 0 Å². The molecule has 0 saturated heterocycles. The Kier molecular flexibility index (Phi) is 9.07. The van der Waals surface area contributed by atoms with Gasteiger partial charge in [0.2, 0.25) is 0 Å². The fraction of sp³-hybridized carbons (Fsp3) is 0.213. The molecule has 2 unspecified atom stereocenters. The Hall–Kier alpha value is -5.71.